The molecule has 0 saturated heterocycles. The van der Waals surface area contributed by atoms with Gasteiger partial charge in [0.1, 0.15) is 16.9 Å². The standard InChI is InChI=1S/C23H26O6/c1-12(2)27-15-10-16(13(3)29-23(4,5)6)21-18(11-15)20(24)17-9-14(22(25)26)7-8-19(17)28-21/h7-13H,1-6H3,(H,25,26). The topological polar surface area (TPSA) is 86.0 Å². The highest BCUT2D eigenvalue weighted by molar-refractivity contribution is 5.97. The molecule has 3 rings (SSSR count). The van der Waals surface area contributed by atoms with Crippen LogP contribution in [0.25, 0.3) is 21.9 Å². The highest BCUT2D eigenvalue weighted by Crippen LogP contribution is 2.34. The quantitative estimate of drug-likeness (QED) is 0.586. The van der Waals surface area contributed by atoms with Crippen LogP contribution in [0, 0.1) is 0 Å². The summed E-state index contributed by atoms with van der Waals surface area (Å²) < 4.78 is 18.0. The molecule has 1 aromatic heterocycles. The van der Waals surface area contributed by atoms with Gasteiger partial charge in [-0.3, -0.25) is 4.79 Å². The number of rotatable bonds is 5. The van der Waals surface area contributed by atoms with Crippen molar-refractivity contribution in [2.24, 2.45) is 0 Å². The van der Waals surface area contributed by atoms with E-state index in [0.29, 0.717) is 27.9 Å². The van der Waals surface area contributed by atoms with Crippen LogP contribution in [0.1, 0.15) is 63.6 Å². The smallest absolute Gasteiger partial charge is 0.335 e. The highest BCUT2D eigenvalue weighted by atomic mass is 16.5. The zero-order valence-electron chi connectivity index (χ0n) is 17.5. The first-order valence-electron chi connectivity index (χ1n) is 9.58. The average molecular weight is 398 g/mol. The number of ether oxygens (including phenoxy) is 2. The molecular weight excluding hydrogens is 372 g/mol. The lowest BCUT2D eigenvalue weighted by Gasteiger charge is -2.26. The van der Waals surface area contributed by atoms with E-state index >= 15 is 0 Å². The summed E-state index contributed by atoms with van der Waals surface area (Å²) in [6.07, 6.45) is -0.433. The maximum atomic E-state index is 13.2. The zero-order valence-corrected chi connectivity index (χ0v) is 17.5. The maximum absolute atomic E-state index is 13.2. The van der Waals surface area contributed by atoms with Gasteiger partial charge in [-0.1, -0.05) is 0 Å². The fraction of sp³-hybridized carbons (Fsp3) is 0.391. The molecule has 0 aliphatic heterocycles. The number of hydrogen-bond acceptors (Lipinski definition) is 5. The van der Waals surface area contributed by atoms with Gasteiger partial charge in [0.2, 0.25) is 5.43 Å². The second kappa shape index (κ2) is 7.52. The molecule has 1 N–H and O–H groups in total. The minimum Gasteiger partial charge on any atom is -0.491 e. The van der Waals surface area contributed by atoms with Gasteiger partial charge in [-0.05, 0) is 71.9 Å². The third-order valence-electron chi connectivity index (χ3n) is 4.36. The van der Waals surface area contributed by atoms with Gasteiger partial charge in [0, 0.05) is 5.56 Å². The van der Waals surface area contributed by atoms with E-state index in [2.05, 4.69) is 0 Å². The lowest BCUT2D eigenvalue weighted by atomic mass is 10.0. The Labute approximate surface area is 169 Å². The SMILES string of the molecule is CC(C)Oc1cc(C(C)OC(C)(C)C)c2oc3ccc(C(=O)O)cc3c(=O)c2c1. The van der Waals surface area contributed by atoms with Crippen molar-refractivity contribution in [2.75, 3.05) is 0 Å². The van der Waals surface area contributed by atoms with Gasteiger partial charge in [0.15, 0.2) is 0 Å². The summed E-state index contributed by atoms with van der Waals surface area (Å²) in [5, 5.41) is 9.80. The van der Waals surface area contributed by atoms with E-state index in [1.54, 1.807) is 6.07 Å². The lowest BCUT2D eigenvalue weighted by Crippen LogP contribution is -2.21. The summed E-state index contributed by atoms with van der Waals surface area (Å²) in [6, 6.07) is 7.75. The number of aromatic carboxylic acids is 1. The predicted octanol–water partition coefficient (Wildman–Crippen LogP) is 5.31. The molecule has 3 aromatic rings. The Morgan fingerprint density at radius 2 is 1.76 bits per heavy atom. The van der Waals surface area contributed by atoms with Gasteiger partial charge >= 0.3 is 5.97 Å². The summed E-state index contributed by atoms with van der Waals surface area (Å²) in [7, 11) is 0. The molecule has 0 radical (unpaired) electrons. The number of benzene rings is 2. The molecule has 0 bridgehead atoms. The third-order valence-corrected chi connectivity index (χ3v) is 4.36. The Morgan fingerprint density at radius 3 is 2.34 bits per heavy atom. The largest absolute Gasteiger partial charge is 0.491 e. The van der Waals surface area contributed by atoms with Crippen LogP contribution in [-0.4, -0.2) is 22.8 Å². The van der Waals surface area contributed by atoms with Crippen molar-refractivity contribution in [3.05, 3.63) is 51.7 Å². The first-order valence-corrected chi connectivity index (χ1v) is 9.58. The van der Waals surface area contributed by atoms with Gasteiger partial charge in [-0.15, -0.1) is 0 Å². The zero-order chi connectivity index (χ0) is 21.5. The molecule has 154 valence electrons. The summed E-state index contributed by atoms with van der Waals surface area (Å²) in [5.74, 6) is -0.566. The Morgan fingerprint density at radius 1 is 1.07 bits per heavy atom. The number of carboxylic acid groups (broad SMARTS) is 1. The fourth-order valence-electron chi connectivity index (χ4n) is 3.33. The molecule has 0 aliphatic carbocycles. The molecule has 0 fully saturated rings. The van der Waals surface area contributed by atoms with Crippen molar-refractivity contribution in [3.63, 3.8) is 0 Å². The van der Waals surface area contributed by atoms with Gasteiger partial charge in [0.25, 0.3) is 0 Å². The Bertz CT molecular complexity index is 1130. The second-order valence-electron chi connectivity index (χ2n) is 8.38. The molecular formula is C23H26O6. The number of hydrogen-bond donors (Lipinski definition) is 1. The third kappa shape index (κ3) is 4.43. The molecule has 2 aromatic carbocycles. The number of fused-ring (bicyclic) bond motifs is 2. The van der Waals surface area contributed by atoms with E-state index in [4.69, 9.17) is 13.9 Å². The van der Waals surface area contributed by atoms with Gasteiger partial charge in [-0.2, -0.15) is 0 Å². The second-order valence-corrected chi connectivity index (χ2v) is 8.38. The minimum atomic E-state index is -1.10. The van der Waals surface area contributed by atoms with Crippen molar-refractivity contribution in [1.29, 1.82) is 0 Å². The molecule has 0 amide bonds. The minimum absolute atomic E-state index is 0.0309. The highest BCUT2D eigenvalue weighted by Gasteiger charge is 2.23. The van der Waals surface area contributed by atoms with Gasteiger partial charge in [-0.25, -0.2) is 4.79 Å². The van der Waals surface area contributed by atoms with Crippen LogP contribution in [0.5, 0.6) is 5.75 Å². The average Bonchev–Trinajstić information content (AvgIpc) is 2.59. The van der Waals surface area contributed by atoms with Crippen LogP contribution in [0.3, 0.4) is 0 Å². The van der Waals surface area contributed by atoms with Crippen molar-refractivity contribution < 1.29 is 23.8 Å². The summed E-state index contributed by atoms with van der Waals surface area (Å²) in [4.78, 5) is 24.5. The van der Waals surface area contributed by atoms with Crippen molar-refractivity contribution in [2.45, 2.75) is 59.4 Å². The first kappa shape index (κ1) is 20.9. The summed E-state index contributed by atoms with van der Waals surface area (Å²) >= 11 is 0. The molecule has 1 atom stereocenters. The van der Waals surface area contributed by atoms with Crippen LogP contribution < -0.4 is 10.2 Å². The van der Waals surface area contributed by atoms with E-state index in [1.165, 1.54) is 18.2 Å². The number of carboxylic acids is 1. The number of carbonyl (C=O) groups is 1. The molecule has 1 unspecified atom stereocenters. The van der Waals surface area contributed by atoms with E-state index in [9.17, 15) is 14.7 Å². The van der Waals surface area contributed by atoms with Crippen LogP contribution in [-0.2, 0) is 4.74 Å². The summed E-state index contributed by atoms with van der Waals surface area (Å²) in [5.41, 5.74) is 0.780. The normalized spacial score (nSPS) is 13.2. The van der Waals surface area contributed by atoms with E-state index in [-0.39, 0.29) is 28.6 Å². The Balaban J connectivity index is 2.33. The van der Waals surface area contributed by atoms with E-state index < -0.39 is 11.6 Å². The molecule has 6 nitrogen and oxygen atoms in total. The summed E-state index contributed by atoms with van der Waals surface area (Å²) in [6.45, 7) is 11.6. The maximum Gasteiger partial charge on any atom is 0.335 e. The van der Waals surface area contributed by atoms with Crippen LogP contribution in [0.2, 0.25) is 0 Å². The van der Waals surface area contributed by atoms with Crippen molar-refractivity contribution in [1.82, 2.24) is 0 Å². The lowest BCUT2D eigenvalue weighted by molar-refractivity contribution is -0.0527. The van der Waals surface area contributed by atoms with Crippen LogP contribution in [0.15, 0.2) is 39.5 Å². The molecule has 0 saturated carbocycles. The van der Waals surface area contributed by atoms with Crippen molar-refractivity contribution in [3.8, 4) is 5.75 Å². The fourth-order valence-corrected chi connectivity index (χ4v) is 3.33. The predicted molar refractivity (Wildman–Crippen MR) is 112 cm³/mol. The Kier molecular flexibility index (Phi) is 5.41. The van der Waals surface area contributed by atoms with Crippen LogP contribution >= 0.6 is 0 Å². The van der Waals surface area contributed by atoms with E-state index in [0.717, 1.165) is 0 Å². The van der Waals surface area contributed by atoms with E-state index in [1.807, 2.05) is 47.6 Å². The molecule has 0 aliphatic rings. The molecule has 0 spiro atoms. The Hall–Kier alpha value is -2.86. The van der Waals surface area contributed by atoms with Gasteiger partial charge in [0.05, 0.1) is 34.1 Å². The van der Waals surface area contributed by atoms with Crippen LogP contribution in [0.4, 0.5) is 0 Å². The first-order chi connectivity index (χ1) is 13.5. The molecule has 1 heterocycles. The van der Waals surface area contributed by atoms with Gasteiger partial charge < -0.3 is 19.0 Å². The monoisotopic (exact) mass is 398 g/mol. The van der Waals surface area contributed by atoms with Crippen molar-refractivity contribution >= 4 is 27.9 Å². The molecule has 6 heteroatoms. The molecule has 29 heavy (non-hydrogen) atoms.